The molecule has 0 unspecified atom stereocenters. The highest BCUT2D eigenvalue weighted by Crippen LogP contribution is 2.19. The van der Waals surface area contributed by atoms with Crippen LogP contribution in [0.4, 0.5) is 0 Å². The number of amides is 1. The maximum atomic E-state index is 11.5. The third-order valence-electron chi connectivity index (χ3n) is 2.57. The van der Waals surface area contributed by atoms with Gasteiger partial charge in [-0.3, -0.25) is 4.79 Å². The van der Waals surface area contributed by atoms with E-state index >= 15 is 0 Å². The van der Waals surface area contributed by atoms with Gasteiger partial charge in [0.05, 0.1) is 6.61 Å². The molecule has 96 valence electrons. The molecule has 0 saturated carbocycles. The molecule has 0 bridgehead atoms. The second-order valence-corrected chi connectivity index (χ2v) is 4.08. The minimum absolute atomic E-state index is 0.0166. The predicted molar refractivity (Wildman–Crippen MR) is 62.6 cm³/mol. The Morgan fingerprint density at radius 3 is 2.88 bits per heavy atom. The molecule has 0 heterocycles. The predicted octanol–water partition coefficient (Wildman–Crippen LogP) is 1.09. The molecule has 2 N–H and O–H groups in total. The second kappa shape index (κ2) is 7.84. The third kappa shape index (κ3) is 6.73. The number of allylic oxidation sites excluding steroid dienone is 1. The van der Waals surface area contributed by atoms with Gasteiger partial charge >= 0.3 is 5.97 Å². The number of aliphatic carboxylic acids is 1. The SMILES string of the molecule is O=C(O)COCCNC(=O)CC1=CCCCC1. The Kier molecular flexibility index (Phi) is 6.32. The Bertz CT molecular complexity index is 299. The number of carboxylic acid groups (broad SMARTS) is 1. The zero-order valence-electron chi connectivity index (χ0n) is 9.91. The van der Waals surface area contributed by atoms with Crippen LogP contribution in [0.15, 0.2) is 11.6 Å². The monoisotopic (exact) mass is 241 g/mol. The topological polar surface area (TPSA) is 75.6 Å². The molecule has 5 nitrogen and oxygen atoms in total. The smallest absolute Gasteiger partial charge is 0.329 e. The molecule has 0 aromatic carbocycles. The fraction of sp³-hybridized carbons (Fsp3) is 0.667. The molecule has 0 atom stereocenters. The Hall–Kier alpha value is -1.36. The molecule has 1 rings (SSSR count). The third-order valence-corrected chi connectivity index (χ3v) is 2.57. The molecule has 1 aliphatic rings. The lowest BCUT2D eigenvalue weighted by molar-refractivity contribution is -0.142. The van der Waals surface area contributed by atoms with Crippen molar-refractivity contribution in [2.24, 2.45) is 0 Å². The highest BCUT2D eigenvalue weighted by atomic mass is 16.5. The van der Waals surface area contributed by atoms with Crippen molar-refractivity contribution < 1.29 is 19.4 Å². The van der Waals surface area contributed by atoms with Crippen LogP contribution in [-0.4, -0.2) is 36.7 Å². The summed E-state index contributed by atoms with van der Waals surface area (Å²) in [5.74, 6) is -1.01. The molecule has 0 aromatic heterocycles. The summed E-state index contributed by atoms with van der Waals surface area (Å²) in [4.78, 5) is 21.6. The van der Waals surface area contributed by atoms with Gasteiger partial charge < -0.3 is 15.2 Å². The fourth-order valence-corrected chi connectivity index (χ4v) is 1.76. The van der Waals surface area contributed by atoms with Crippen LogP contribution in [0.3, 0.4) is 0 Å². The van der Waals surface area contributed by atoms with E-state index in [0.717, 1.165) is 12.8 Å². The molecular formula is C12H19NO4. The Balaban J connectivity index is 2.04. The van der Waals surface area contributed by atoms with E-state index in [-0.39, 0.29) is 19.1 Å². The summed E-state index contributed by atoms with van der Waals surface area (Å²) in [6.07, 6.45) is 7.07. The quantitative estimate of drug-likeness (QED) is 0.517. The van der Waals surface area contributed by atoms with Crippen molar-refractivity contribution in [2.75, 3.05) is 19.8 Å². The number of rotatable bonds is 7. The van der Waals surface area contributed by atoms with Crippen LogP contribution < -0.4 is 5.32 Å². The van der Waals surface area contributed by atoms with Crippen molar-refractivity contribution in [1.29, 1.82) is 0 Å². The summed E-state index contributed by atoms with van der Waals surface area (Å²) < 4.78 is 4.81. The van der Waals surface area contributed by atoms with Crippen molar-refractivity contribution in [3.63, 3.8) is 0 Å². The molecule has 5 heteroatoms. The summed E-state index contributed by atoms with van der Waals surface area (Å²) in [5.41, 5.74) is 1.21. The van der Waals surface area contributed by atoms with Gasteiger partial charge in [0.1, 0.15) is 6.61 Å². The van der Waals surface area contributed by atoms with Gasteiger partial charge in [-0.05, 0) is 25.7 Å². The number of hydrogen-bond acceptors (Lipinski definition) is 3. The molecule has 0 spiro atoms. The highest BCUT2D eigenvalue weighted by Gasteiger charge is 2.08. The van der Waals surface area contributed by atoms with Crippen LogP contribution in [0.1, 0.15) is 32.1 Å². The van der Waals surface area contributed by atoms with E-state index in [9.17, 15) is 9.59 Å². The van der Waals surface area contributed by atoms with Gasteiger partial charge in [-0.15, -0.1) is 0 Å². The summed E-state index contributed by atoms with van der Waals surface area (Å²) in [6.45, 7) is 0.275. The van der Waals surface area contributed by atoms with Crippen LogP contribution >= 0.6 is 0 Å². The van der Waals surface area contributed by atoms with Crippen molar-refractivity contribution >= 4 is 11.9 Å². The summed E-state index contributed by atoms with van der Waals surface area (Å²) >= 11 is 0. The van der Waals surface area contributed by atoms with Gasteiger partial charge in [0.25, 0.3) is 0 Å². The molecule has 17 heavy (non-hydrogen) atoms. The van der Waals surface area contributed by atoms with E-state index in [1.54, 1.807) is 0 Å². The first kappa shape index (κ1) is 13.7. The van der Waals surface area contributed by atoms with Crippen LogP contribution in [0.25, 0.3) is 0 Å². The Morgan fingerprint density at radius 2 is 2.24 bits per heavy atom. The Morgan fingerprint density at radius 1 is 1.41 bits per heavy atom. The van der Waals surface area contributed by atoms with E-state index in [2.05, 4.69) is 11.4 Å². The molecular weight excluding hydrogens is 222 g/mol. The van der Waals surface area contributed by atoms with Gasteiger partial charge in [0, 0.05) is 13.0 Å². The van der Waals surface area contributed by atoms with Crippen molar-refractivity contribution in [1.82, 2.24) is 5.32 Å². The first-order chi connectivity index (χ1) is 8.18. The molecule has 0 aliphatic heterocycles. The molecule has 0 fully saturated rings. The fourth-order valence-electron chi connectivity index (χ4n) is 1.76. The van der Waals surface area contributed by atoms with E-state index < -0.39 is 5.97 Å². The summed E-state index contributed by atoms with van der Waals surface area (Å²) in [5, 5.41) is 11.0. The highest BCUT2D eigenvalue weighted by molar-refractivity contribution is 5.78. The molecule has 0 saturated heterocycles. The van der Waals surface area contributed by atoms with Crippen molar-refractivity contribution in [3.8, 4) is 0 Å². The van der Waals surface area contributed by atoms with E-state index in [4.69, 9.17) is 9.84 Å². The lowest BCUT2D eigenvalue weighted by Gasteiger charge is -2.12. The van der Waals surface area contributed by atoms with E-state index in [0.29, 0.717) is 13.0 Å². The summed E-state index contributed by atoms with van der Waals surface area (Å²) in [7, 11) is 0. The maximum Gasteiger partial charge on any atom is 0.329 e. The van der Waals surface area contributed by atoms with Crippen molar-refractivity contribution in [3.05, 3.63) is 11.6 Å². The van der Waals surface area contributed by atoms with E-state index in [1.807, 2.05) is 0 Å². The van der Waals surface area contributed by atoms with Gasteiger partial charge in [-0.1, -0.05) is 11.6 Å². The maximum absolute atomic E-state index is 11.5. The second-order valence-electron chi connectivity index (χ2n) is 4.08. The molecule has 1 amide bonds. The number of nitrogens with one attached hydrogen (secondary N) is 1. The molecule has 0 aromatic rings. The Labute approximate surface area is 101 Å². The average Bonchev–Trinajstić information content (AvgIpc) is 2.29. The number of carbonyl (C=O) groups is 2. The number of carbonyl (C=O) groups excluding carboxylic acids is 1. The molecule has 0 radical (unpaired) electrons. The van der Waals surface area contributed by atoms with Crippen LogP contribution in [0.5, 0.6) is 0 Å². The lowest BCUT2D eigenvalue weighted by atomic mass is 9.97. The van der Waals surface area contributed by atoms with Crippen LogP contribution in [0.2, 0.25) is 0 Å². The van der Waals surface area contributed by atoms with E-state index in [1.165, 1.54) is 18.4 Å². The van der Waals surface area contributed by atoms with Crippen molar-refractivity contribution in [2.45, 2.75) is 32.1 Å². The summed E-state index contributed by atoms with van der Waals surface area (Å²) in [6, 6.07) is 0. The number of ether oxygens (including phenoxy) is 1. The van der Waals surface area contributed by atoms with Gasteiger partial charge in [-0.25, -0.2) is 4.79 Å². The van der Waals surface area contributed by atoms with Crippen LogP contribution in [0, 0.1) is 0 Å². The number of carboxylic acids is 1. The zero-order valence-corrected chi connectivity index (χ0v) is 9.91. The van der Waals surface area contributed by atoms with Gasteiger partial charge in [0.15, 0.2) is 0 Å². The minimum atomic E-state index is -0.997. The first-order valence-corrected chi connectivity index (χ1v) is 5.92. The normalized spacial score (nSPS) is 15.2. The number of hydrogen-bond donors (Lipinski definition) is 2. The lowest BCUT2D eigenvalue weighted by Crippen LogP contribution is -2.28. The first-order valence-electron chi connectivity index (χ1n) is 5.92. The van der Waals surface area contributed by atoms with Gasteiger partial charge in [0.2, 0.25) is 5.91 Å². The zero-order chi connectivity index (χ0) is 12.5. The minimum Gasteiger partial charge on any atom is -0.480 e. The van der Waals surface area contributed by atoms with Crippen LogP contribution in [-0.2, 0) is 14.3 Å². The largest absolute Gasteiger partial charge is 0.480 e. The average molecular weight is 241 g/mol. The van der Waals surface area contributed by atoms with Gasteiger partial charge in [-0.2, -0.15) is 0 Å². The standard InChI is InChI=1S/C12H19NO4/c14-11(8-10-4-2-1-3-5-10)13-6-7-17-9-12(15)16/h4H,1-3,5-9H2,(H,13,14)(H,15,16). The molecule has 1 aliphatic carbocycles.